The Morgan fingerprint density at radius 3 is 1.71 bits per heavy atom. The topological polar surface area (TPSA) is 137 Å². The molecule has 0 atom stereocenters. The van der Waals surface area contributed by atoms with Crippen molar-refractivity contribution in [1.29, 1.82) is 0 Å². The summed E-state index contributed by atoms with van der Waals surface area (Å²) >= 11 is 0. The average molecular weight is 637 g/mol. The van der Waals surface area contributed by atoms with Gasteiger partial charge in [0, 0.05) is 39.3 Å². The van der Waals surface area contributed by atoms with Crippen LogP contribution in [0.25, 0.3) is 0 Å². The number of carbonyl (C=O) groups excluding carboxylic acids is 4. The van der Waals surface area contributed by atoms with E-state index in [1.807, 2.05) is 9.80 Å². The van der Waals surface area contributed by atoms with Crippen molar-refractivity contribution in [1.82, 2.24) is 19.7 Å². The van der Waals surface area contributed by atoms with Gasteiger partial charge in [0.2, 0.25) is 0 Å². The molecule has 0 unspecified atom stereocenters. The Kier molecular flexibility index (Phi) is 13.6. The molecule has 0 saturated heterocycles. The van der Waals surface area contributed by atoms with E-state index in [-0.39, 0.29) is 59.0 Å². The van der Waals surface area contributed by atoms with Crippen molar-refractivity contribution >= 4 is 24.0 Å². The molecule has 13 nitrogen and oxygen atoms in total. The van der Waals surface area contributed by atoms with Crippen molar-refractivity contribution in [2.45, 2.75) is 99.1 Å². The monoisotopic (exact) mass is 636 g/mol. The van der Waals surface area contributed by atoms with E-state index in [1.54, 1.807) is 86.3 Å². The first-order chi connectivity index (χ1) is 20.7. The highest BCUT2D eigenvalue weighted by Gasteiger charge is 2.28. The fourth-order valence-corrected chi connectivity index (χ4v) is 4.33. The van der Waals surface area contributed by atoms with Crippen molar-refractivity contribution in [3.8, 4) is 5.75 Å². The van der Waals surface area contributed by atoms with Gasteiger partial charge < -0.3 is 28.6 Å². The summed E-state index contributed by atoms with van der Waals surface area (Å²) in [5.41, 5.74) is -0.969. The largest absolute Gasteiger partial charge is 0.480 e. The van der Waals surface area contributed by atoms with Gasteiger partial charge in [-0.05, 0) is 81.4 Å². The molecule has 0 fully saturated rings. The van der Waals surface area contributed by atoms with Crippen LogP contribution >= 0.6 is 0 Å². The van der Waals surface area contributed by atoms with Crippen LogP contribution in [0.3, 0.4) is 0 Å². The van der Waals surface area contributed by atoms with Crippen molar-refractivity contribution in [3.63, 3.8) is 0 Å². The number of rotatable bonds is 8. The van der Waals surface area contributed by atoms with Crippen LogP contribution in [0.1, 0.15) is 80.6 Å². The van der Waals surface area contributed by atoms with Crippen LogP contribution in [0.4, 0.5) is 4.79 Å². The average Bonchev–Trinajstić information content (AvgIpc) is 2.84. The first-order valence-electron chi connectivity index (χ1n) is 15.4. The summed E-state index contributed by atoms with van der Waals surface area (Å²) in [5, 5.41) is 0. The van der Waals surface area contributed by atoms with Crippen LogP contribution in [0.5, 0.6) is 5.75 Å². The first-order valence-corrected chi connectivity index (χ1v) is 15.4. The predicted molar refractivity (Wildman–Crippen MR) is 166 cm³/mol. The number of hydrogen-bond acceptors (Lipinski definition) is 12. The van der Waals surface area contributed by atoms with Crippen LogP contribution in [0, 0.1) is 0 Å². The highest BCUT2D eigenvalue weighted by molar-refractivity contribution is 5.73. The Bertz CT molecular complexity index is 1170. The Hall–Kier alpha value is -3.45. The fourth-order valence-electron chi connectivity index (χ4n) is 4.33. The Balaban J connectivity index is 2.49. The van der Waals surface area contributed by atoms with Crippen molar-refractivity contribution in [2.24, 2.45) is 0 Å². The molecular formula is C32H52N4O9. The zero-order valence-electron chi connectivity index (χ0n) is 28.7. The van der Waals surface area contributed by atoms with Crippen molar-refractivity contribution < 1.29 is 42.9 Å². The van der Waals surface area contributed by atoms with Crippen molar-refractivity contribution in [3.05, 3.63) is 23.5 Å². The number of carbonyl (C=O) groups is 4. The minimum Gasteiger partial charge on any atom is -0.480 e. The maximum Gasteiger partial charge on any atom is 0.410 e. The van der Waals surface area contributed by atoms with Gasteiger partial charge in [-0.1, -0.05) is 0 Å². The molecule has 2 heterocycles. The predicted octanol–water partition coefficient (Wildman–Crippen LogP) is 3.56. The summed E-state index contributed by atoms with van der Waals surface area (Å²) in [4.78, 5) is 61.1. The van der Waals surface area contributed by atoms with Gasteiger partial charge in [0.05, 0.1) is 31.1 Å². The summed E-state index contributed by atoms with van der Waals surface area (Å²) in [7, 11) is 0. The van der Waals surface area contributed by atoms with E-state index in [2.05, 4.69) is 0 Å². The minimum atomic E-state index is -0.723. The quantitative estimate of drug-likeness (QED) is 0.305. The smallest absolute Gasteiger partial charge is 0.410 e. The molecule has 0 saturated carbocycles. The zero-order chi connectivity index (χ0) is 34.0. The highest BCUT2D eigenvalue weighted by Crippen LogP contribution is 2.22. The molecule has 254 valence electrons. The summed E-state index contributed by atoms with van der Waals surface area (Å²) in [6.07, 6.45) is -0.510. The number of pyridine rings is 1. The molecule has 2 rings (SSSR count). The number of fused-ring (bicyclic) bond motifs is 2. The molecule has 1 aromatic rings. The molecule has 1 amide bonds. The van der Waals surface area contributed by atoms with Gasteiger partial charge in [-0.15, -0.1) is 0 Å². The van der Waals surface area contributed by atoms with Gasteiger partial charge in [-0.2, -0.15) is 0 Å². The molecule has 0 radical (unpaired) electrons. The normalized spacial score (nSPS) is 15.7. The van der Waals surface area contributed by atoms with Crippen LogP contribution < -0.4 is 4.74 Å². The lowest BCUT2D eigenvalue weighted by atomic mass is 10.2. The Morgan fingerprint density at radius 1 is 0.711 bits per heavy atom. The number of esters is 3. The third kappa shape index (κ3) is 15.4. The zero-order valence-corrected chi connectivity index (χ0v) is 28.7. The van der Waals surface area contributed by atoms with Gasteiger partial charge in [0.15, 0.2) is 6.61 Å². The van der Waals surface area contributed by atoms with E-state index in [4.69, 9.17) is 28.7 Å². The number of hydrogen-bond donors (Lipinski definition) is 0. The lowest BCUT2D eigenvalue weighted by Gasteiger charge is -2.33. The molecule has 0 spiro atoms. The first kappa shape index (κ1) is 37.7. The van der Waals surface area contributed by atoms with Gasteiger partial charge in [-0.3, -0.25) is 24.4 Å². The maximum atomic E-state index is 13.3. The lowest BCUT2D eigenvalue weighted by molar-refractivity contribution is -0.157. The van der Waals surface area contributed by atoms with E-state index in [9.17, 15) is 19.2 Å². The molecule has 1 aromatic heterocycles. The molecule has 0 aliphatic carbocycles. The number of nitrogens with zero attached hydrogens (tertiary/aromatic N) is 4. The van der Waals surface area contributed by atoms with E-state index in [0.29, 0.717) is 23.7 Å². The highest BCUT2D eigenvalue weighted by atomic mass is 16.6. The van der Waals surface area contributed by atoms with Gasteiger partial charge in [-0.25, -0.2) is 9.59 Å². The van der Waals surface area contributed by atoms with Crippen molar-refractivity contribution in [2.75, 3.05) is 52.5 Å². The standard InChI is InChI=1S/C32H52N4O9/c1-11-41-28(39)22-42-25-13-12-23-18-34(20-26(37)43-30(2,3)4)14-16-36(29(40)45-32(8,9)10)17-15-35(19-24(25)33-23)21-27(38)44-31(5,6)7/h12-13H,11,14-22H2,1-10H3. The molecule has 0 aromatic carbocycles. The lowest BCUT2D eigenvalue weighted by Crippen LogP contribution is -2.47. The summed E-state index contributed by atoms with van der Waals surface area (Å²) in [6.45, 7) is 19.2. The van der Waals surface area contributed by atoms with Crippen LogP contribution in [0.2, 0.25) is 0 Å². The van der Waals surface area contributed by atoms with Gasteiger partial charge in [0.1, 0.15) is 22.6 Å². The fraction of sp³-hybridized carbons (Fsp3) is 0.719. The van der Waals surface area contributed by atoms with Crippen LogP contribution in [0.15, 0.2) is 12.1 Å². The van der Waals surface area contributed by atoms with E-state index < -0.39 is 40.8 Å². The van der Waals surface area contributed by atoms with Gasteiger partial charge >= 0.3 is 24.0 Å². The minimum absolute atomic E-state index is 0.0255. The van der Waals surface area contributed by atoms with E-state index in [0.717, 1.165) is 0 Å². The number of ether oxygens (including phenoxy) is 5. The molecule has 13 heteroatoms. The summed E-state index contributed by atoms with van der Waals surface area (Å²) in [6, 6.07) is 3.47. The van der Waals surface area contributed by atoms with E-state index in [1.165, 1.54) is 0 Å². The SMILES string of the molecule is CCOC(=O)COc1ccc2nc1CN(CC(=O)OC(C)(C)C)CCN(C(=O)OC(C)(C)C)CCN(CC(=O)OC(C)(C)C)C2. The molecule has 1 aliphatic rings. The molecule has 2 bridgehead atoms. The second-order valence-electron chi connectivity index (χ2n) is 13.9. The molecule has 45 heavy (non-hydrogen) atoms. The second-order valence-corrected chi connectivity index (χ2v) is 13.9. The number of amides is 1. The number of aromatic nitrogens is 1. The maximum absolute atomic E-state index is 13.3. The Labute approximate surface area is 267 Å². The van der Waals surface area contributed by atoms with Crippen LogP contribution in [-0.2, 0) is 46.4 Å². The third-order valence-electron chi connectivity index (χ3n) is 5.97. The summed E-state index contributed by atoms with van der Waals surface area (Å²) in [5.74, 6) is -1.02. The summed E-state index contributed by atoms with van der Waals surface area (Å²) < 4.78 is 27.6. The molecular weight excluding hydrogens is 584 g/mol. The van der Waals surface area contributed by atoms with E-state index >= 15 is 0 Å². The molecule has 0 N–H and O–H groups in total. The van der Waals surface area contributed by atoms with Crippen LogP contribution in [-0.4, -0.2) is 113 Å². The Morgan fingerprint density at radius 2 is 1.22 bits per heavy atom. The second kappa shape index (κ2) is 16.2. The third-order valence-corrected chi connectivity index (χ3v) is 5.97. The van der Waals surface area contributed by atoms with Gasteiger partial charge in [0.25, 0.3) is 0 Å². The molecule has 1 aliphatic heterocycles.